The Balaban J connectivity index is 1.94. The molecule has 2 fully saturated rings. The molecule has 2 aliphatic rings. The predicted octanol–water partition coefficient (Wildman–Crippen LogP) is 3.22. The van der Waals surface area contributed by atoms with Crippen molar-refractivity contribution in [2.75, 3.05) is 26.9 Å². The van der Waals surface area contributed by atoms with Crippen molar-refractivity contribution in [1.82, 2.24) is 9.80 Å². The minimum atomic E-state index is -1.23. The SMILES string of the molecule is COC/C=C1\C(=C/COCc2ccccc2)C(=O)N2CCC[C@H]2C(O)N1C(=O)OC(C)(C)C. The van der Waals surface area contributed by atoms with Gasteiger partial charge in [-0.1, -0.05) is 30.3 Å². The molecule has 1 aromatic carbocycles. The smallest absolute Gasteiger partial charge is 0.417 e. The van der Waals surface area contributed by atoms with Crippen LogP contribution in [0.2, 0.25) is 0 Å². The molecule has 0 bridgehead atoms. The Morgan fingerprint density at radius 2 is 1.91 bits per heavy atom. The van der Waals surface area contributed by atoms with E-state index in [9.17, 15) is 14.7 Å². The van der Waals surface area contributed by atoms with Crippen molar-refractivity contribution in [2.45, 2.75) is 58.1 Å². The van der Waals surface area contributed by atoms with E-state index in [1.54, 1.807) is 37.8 Å². The summed E-state index contributed by atoms with van der Waals surface area (Å²) in [6.45, 7) is 6.50. The molecule has 2 saturated heterocycles. The third-order valence-electron chi connectivity index (χ3n) is 5.49. The Morgan fingerprint density at radius 1 is 1.18 bits per heavy atom. The molecule has 2 heterocycles. The average molecular weight is 459 g/mol. The van der Waals surface area contributed by atoms with Crippen LogP contribution in [0.15, 0.2) is 53.8 Å². The molecule has 1 N–H and O–H groups in total. The highest BCUT2D eigenvalue weighted by atomic mass is 16.6. The Labute approximate surface area is 195 Å². The lowest BCUT2D eigenvalue weighted by atomic mass is 10.1. The number of carbonyl (C=O) groups excluding carboxylic acids is 2. The number of fused-ring (bicyclic) bond motifs is 1. The highest BCUT2D eigenvalue weighted by molar-refractivity contribution is 5.99. The van der Waals surface area contributed by atoms with Crippen LogP contribution in [0.1, 0.15) is 39.2 Å². The van der Waals surface area contributed by atoms with E-state index in [0.717, 1.165) is 12.0 Å². The maximum absolute atomic E-state index is 13.5. The van der Waals surface area contributed by atoms with Gasteiger partial charge in [0.05, 0.1) is 37.1 Å². The van der Waals surface area contributed by atoms with Gasteiger partial charge in [0.2, 0.25) is 0 Å². The van der Waals surface area contributed by atoms with Crippen LogP contribution in [-0.4, -0.2) is 71.6 Å². The van der Waals surface area contributed by atoms with Gasteiger partial charge < -0.3 is 24.2 Å². The molecule has 33 heavy (non-hydrogen) atoms. The van der Waals surface area contributed by atoms with E-state index in [-0.39, 0.29) is 30.4 Å². The van der Waals surface area contributed by atoms with Crippen molar-refractivity contribution in [3.8, 4) is 0 Å². The minimum Gasteiger partial charge on any atom is -0.443 e. The van der Waals surface area contributed by atoms with Gasteiger partial charge in [-0.05, 0) is 51.3 Å². The number of ether oxygens (including phenoxy) is 3. The van der Waals surface area contributed by atoms with E-state index in [4.69, 9.17) is 14.2 Å². The fraction of sp³-hybridized carbons (Fsp3) is 0.520. The minimum absolute atomic E-state index is 0.154. The van der Waals surface area contributed by atoms with Crippen molar-refractivity contribution in [3.63, 3.8) is 0 Å². The number of nitrogens with zero attached hydrogens (tertiary/aromatic N) is 2. The molecule has 2 atom stereocenters. The standard InChI is InChI=1S/C25H34N2O6/c1-25(2,3)33-24(30)27-20(13-15-31-4)19(12-16-32-17-18-9-6-5-7-10-18)22(28)26-14-8-11-21(26)23(27)29/h5-7,9-10,12-13,21,23,29H,8,11,14-17H2,1-4H3/b19-12+,20-13+/t21-,23?/m0/s1. The lowest BCUT2D eigenvalue weighted by Gasteiger charge is -2.33. The topological polar surface area (TPSA) is 88.5 Å². The number of amides is 2. The van der Waals surface area contributed by atoms with Gasteiger partial charge in [0.15, 0.2) is 6.23 Å². The largest absolute Gasteiger partial charge is 0.443 e. The third kappa shape index (κ3) is 6.22. The average Bonchev–Trinajstić information content (AvgIpc) is 3.23. The molecule has 3 rings (SSSR count). The molecule has 1 unspecified atom stereocenters. The van der Waals surface area contributed by atoms with E-state index < -0.39 is 24.0 Å². The van der Waals surface area contributed by atoms with Gasteiger partial charge >= 0.3 is 6.09 Å². The molecule has 2 aliphatic heterocycles. The summed E-state index contributed by atoms with van der Waals surface area (Å²) >= 11 is 0. The maximum atomic E-state index is 13.5. The predicted molar refractivity (Wildman–Crippen MR) is 123 cm³/mol. The molecule has 2 amide bonds. The van der Waals surface area contributed by atoms with E-state index in [1.807, 2.05) is 30.3 Å². The normalized spacial score (nSPS) is 23.7. The van der Waals surface area contributed by atoms with Gasteiger partial charge in [0.1, 0.15) is 5.60 Å². The Hall–Kier alpha value is -2.68. The summed E-state index contributed by atoms with van der Waals surface area (Å²) < 4.78 is 16.6. The van der Waals surface area contributed by atoms with Crippen LogP contribution >= 0.6 is 0 Å². The molecular weight excluding hydrogens is 424 g/mol. The number of benzene rings is 1. The number of carbonyl (C=O) groups is 2. The number of aliphatic hydroxyl groups is 1. The lowest BCUT2D eigenvalue weighted by Crippen LogP contribution is -2.50. The van der Waals surface area contributed by atoms with Crippen molar-refractivity contribution < 1.29 is 28.9 Å². The van der Waals surface area contributed by atoms with E-state index >= 15 is 0 Å². The van der Waals surface area contributed by atoms with Crippen LogP contribution in [0, 0.1) is 0 Å². The van der Waals surface area contributed by atoms with Gasteiger partial charge in [-0.2, -0.15) is 0 Å². The van der Waals surface area contributed by atoms with Crippen LogP contribution in [0.5, 0.6) is 0 Å². The lowest BCUT2D eigenvalue weighted by molar-refractivity contribution is -0.130. The molecule has 0 aromatic heterocycles. The Bertz CT molecular complexity index is 890. The van der Waals surface area contributed by atoms with Crippen LogP contribution in [-0.2, 0) is 25.6 Å². The Kier molecular flexibility index (Phi) is 8.29. The summed E-state index contributed by atoms with van der Waals surface area (Å²) in [5, 5.41) is 11.2. The van der Waals surface area contributed by atoms with E-state index in [2.05, 4.69) is 0 Å². The number of hydrogen-bond donors (Lipinski definition) is 1. The molecule has 0 saturated carbocycles. The summed E-state index contributed by atoms with van der Waals surface area (Å²) in [6, 6.07) is 9.22. The number of methoxy groups -OCH3 is 1. The molecule has 180 valence electrons. The van der Waals surface area contributed by atoms with Gasteiger partial charge in [0, 0.05) is 13.7 Å². The Morgan fingerprint density at radius 3 is 2.58 bits per heavy atom. The van der Waals surface area contributed by atoms with Gasteiger partial charge in [-0.3, -0.25) is 4.79 Å². The maximum Gasteiger partial charge on any atom is 0.417 e. The van der Waals surface area contributed by atoms with Crippen LogP contribution in [0.4, 0.5) is 4.79 Å². The first-order valence-electron chi connectivity index (χ1n) is 11.3. The van der Waals surface area contributed by atoms with Gasteiger partial charge in [-0.15, -0.1) is 0 Å². The summed E-state index contributed by atoms with van der Waals surface area (Å²) in [6.07, 6.45) is 2.69. The second-order valence-electron chi connectivity index (χ2n) is 9.14. The summed E-state index contributed by atoms with van der Waals surface area (Å²) in [5.41, 5.74) is 0.803. The first-order chi connectivity index (χ1) is 15.7. The summed E-state index contributed by atoms with van der Waals surface area (Å²) in [7, 11) is 1.52. The van der Waals surface area contributed by atoms with Crippen molar-refractivity contribution in [3.05, 3.63) is 59.3 Å². The highest BCUT2D eigenvalue weighted by Gasteiger charge is 2.46. The summed E-state index contributed by atoms with van der Waals surface area (Å²) in [5.74, 6) is -0.242. The van der Waals surface area contributed by atoms with E-state index in [1.165, 1.54) is 12.0 Å². The van der Waals surface area contributed by atoms with Gasteiger partial charge in [0.25, 0.3) is 5.91 Å². The first kappa shape index (κ1) is 25.0. The highest BCUT2D eigenvalue weighted by Crippen LogP contribution is 2.34. The third-order valence-corrected chi connectivity index (χ3v) is 5.49. The second-order valence-corrected chi connectivity index (χ2v) is 9.14. The van der Waals surface area contributed by atoms with Crippen LogP contribution < -0.4 is 0 Å². The zero-order chi connectivity index (χ0) is 24.0. The molecule has 8 nitrogen and oxygen atoms in total. The molecule has 0 spiro atoms. The van der Waals surface area contributed by atoms with Crippen molar-refractivity contribution in [2.24, 2.45) is 0 Å². The molecular formula is C25H34N2O6. The number of hydrogen-bond acceptors (Lipinski definition) is 6. The molecule has 1 aromatic rings. The van der Waals surface area contributed by atoms with Crippen LogP contribution in [0.25, 0.3) is 0 Å². The first-order valence-corrected chi connectivity index (χ1v) is 11.3. The summed E-state index contributed by atoms with van der Waals surface area (Å²) in [4.78, 5) is 29.5. The molecule has 8 heteroatoms. The quantitative estimate of drug-likeness (QED) is 0.520. The van der Waals surface area contributed by atoms with Crippen molar-refractivity contribution in [1.29, 1.82) is 0 Å². The fourth-order valence-corrected chi connectivity index (χ4v) is 4.04. The van der Waals surface area contributed by atoms with E-state index in [0.29, 0.717) is 19.6 Å². The monoisotopic (exact) mass is 458 g/mol. The van der Waals surface area contributed by atoms with Gasteiger partial charge in [-0.25, -0.2) is 9.69 Å². The zero-order valence-electron chi connectivity index (χ0n) is 19.8. The van der Waals surface area contributed by atoms with Crippen molar-refractivity contribution >= 4 is 12.0 Å². The molecule has 0 aliphatic carbocycles. The molecule has 0 radical (unpaired) electrons. The number of aliphatic hydroxyl groups excluding tert-OH is 1. The second kappa shape index (κ2) is 11.0. The number of rotatable bonds is 6. The fourth-order valence-electron chi connectivity index (χ4n) is 4.04. The zero-order valence-corrected chi connectivity index (χ0v) is 19.8. The van der Waals surface area contributed by atoms with Crippen LogP contribution in [0.3, 0.4) is 0 Å².